The van der Waals surface area contributed by atoms with Gasteiger partial charge in [-0.3, -0.25) is 9.69 Å². The Kier molecular flexibility index (Phi) is 6.39. The lowest BCUT2D eigenvalue weighted by Crippen LogP contribution is -2.60. The average molecular weight is 352 g/mol. The molecule has 0 bridgehead atoms. The molecule has 1 N–H and O–H groups in total. The molecule has 2 heterocycles. The number of nitrogens with one attached hydrogen (secondary N) is 1. The van der Waals surface area contributed by atoms with Gasteiger partial charge in [-0.1, -0.05) is 13.8 Å². The Morgan fingerprint density at radius 1 is 1.04 bits per heavy atom. The number of rotatable bonds is 4. The van der Waals surface area contributed by atoms with E-state index in [1.54, 1.807) is 7.11 Å². The first-order chi connectivity index (χ1) is 12.1. The summed E-state index contributed by atoms with van der Waals surface area (Å²) in [5.74, 6) is 1.96. The van der Waals surface area contributed by atoms with Crippen molar-refractivity contribution in [1.29, 1.82) is 0 Å². The molecule has 0 aromatic rings. The molecule has 25 heavy (non-hydrogen) atoms. The van der Waals surface area contributed by atoms with Crippen LogP contribution in [-0.2, 0) is 9.53 Å². The Labute approximate surface area is 153 Å². The second-order valence-corrected chi connectivity index (χ2v) is 8.59. The van der Waals surface area contributed by atoms with Crippen LogP contribution in [0.25, 0.3) is 0 Å². The molecule has 3 fully saturated rings. The molecule has 3 aliphatic rings. The average Bonchev–Trinajstić information content (AvgIpc) is 2.68. The maximum absolute atomic E-state index is 13.1. The first kappa shape index (κ1) is 19.1. The van der Waals surface area contributed by atoms with Crippen LogP contribution in [0.4, 0.5) is 0 Å². The van der Waals surface area contributed by atoms with Crippen LogP contribution in [0.15, 0.2) is 0 Å². The predicted octanol–water partition coefficient (Wildman–Crippen LogP) is 2.11. The van der Waals surface area contributed by atoms with Crippen molar-refractivity contribution in [2.75, 3.05) is 46.4 Å². The fraction of sp³-hybridized carbons (Fsp3) is 0.950. The normalized spacial score (nSPS) is 31.3. The van der Waals surface area contributed by atoms with Gasteiger partial charge in [0, 0.05) is 39.3 Å². The van der Waals surface area contributed by atoms with E-state index in [4.69, 9.17) is 4.74 Å². The summed E-state index contributed by atoms with van der Waals surface area (Å²) in [6.45, 7) is 10.3. The summed E-state index contributed by atoms with van der Waals surface area (Å²) in [6.07, 6.45) is 7.01. The number of amides is 1. The van der Waals surface area contributed by atoms with E-state index in [9.17, 15) is 4.79 Å². The van der Waals surface area contributed by atoms with Gasteiger partial charge < -0.3 is 15.0 Å². The number of ether oxygens (including phenoxy) is 1. The lowest BCUT2D eigenvalue weighted by Gasteiger charge is -2.45. The van der Waals surface area contributed by atoms with Crippen LogP contribution in [0, 0.1) is 11.8 Å². The molecule has 2 saturated heterocycles. The highest BCUT2D eigenvalue weighted by molar-refractivity contribution is 5.85. The number of nitrogens with zero attached hydrogens (tertiary/aromatic N) is 2. The van der Waals surface area contributed by atoms with Crippen LogP contribution in [0.3, 0.4) is 0 Å². The summed E-state index contributed by atoms with van der Waals surface area (Å²) in [5, 5.41) is 3.33. The zero-order chi connectivity index (χ0) is 17.9. The standard InChI is InChI=1S/C20H37N3O2/c1-16(2)17-4-6-18(7-5-17)22-12-14-23(15-13-22)19(24)20(25-3)8-10-21-11-9-20/h16-18,21H,4-15H2,1-3H3. The van der Waals surface area contributed by atoms with Gasteiger partial charge in [-0.2, -0.15) is 0 Å². The maximum atomic E-state index is 13.1. The van der Waals surface area contributed by atoms with E-state index in [1.165, 1.54) is 25.7 Å². The summed E-state index contributed by atoms with van der Waals surface area (Å²) in [5.41, 5.74) is -0.581. The SMILES string of the molecule is COC1(C(=O)N2CCN(C3CCC(C(C)C)CC3)CC2)CCNCC1. The van der Waals surface area contributed by atoms with Gasteiger partial charge in [0.2, 0.25) is 0 Å². The summed E-state index contributed by atoms with van der Waals surface area (Å²) in [4.78, 5) is 17.8. The third-order valence-corrected chi connectivity index (χ3v) is 6.99. The number of piperidine rings is 1. The molecule has 5 heteroatoms. The molecule has 3 rings (SSSR count). The van der Waals surface area contributed by atoms with Crippen molar-refractivity contribution in [3.05, 3.63) is 0 Å². The van der Waals surface area contributed by atoms with Gasteiger partial charge in [-0.25, -0.2) is 0 Å². The molecule has 2 aliphatic heterocycles. The lowest BCUT2D eigenvalue weighted by molar-refractivity contribution is -0.160. The topological polar surface area (TPSA) is 44.8 Å². The van der Waals surface area contributed by atoms with E-state index >= 15 is 0 Å². The second kappa shape index (κ2) is 8.36. The third-order valence-electron chi connectivity index (χ3n) is 6.99. The van der Waals surface area contributed by atoms with E-state index in [0.29, 0.717) is 0 Å². The number of methoxy groups -OCH3 is 1. The van der Waals surface area contributed by atoms with Gasteiger partial charge in [0.25, 0.3) is 5.91 Å². The quantitative estimate of drug-likeness (QED) is 0.843. The summed E-state index contributed by atoms with van der Waals surface area (Å²) >= 11 is 0. The molecule has 0 aromatic heterocycles. The van der Waals surface area contributed by atoms with Gasteiger partial charge in [-0.05, 0) is 63.5 Å². The van der Waals surface area contributed by atoms with Gasteiger partial charge in [0.05, 0.1) is 0 Å². The number of piperazine rings is 1. The molecule has 0 aromatic carbocycles. The van der Waals surface area contributed by atoms with Gasteiger partial charge in [0.15, 0.2) is 0 Å². The van der Waals surface area contributed by atoms with Crippen LogP contribution in [0.5, 0.6) is 0 Å². The zero-order valence-corrected chi connectivity index (χ0v) is 16.4. The van der Waals surface area contributed by atoms with Gasteiger partial charge >= 0.3 is 0 Å². The van der Waals surface area contributed by atoms with Crippen LogP contribution >= 0.6 is 0 Å². The van der Waals surface area contributed by atoms with E-state index in [-0.39, 0.29) is 5.91 Å². The third kappa shape index (κ3) is 4.20. The minimum Gasteiger partial charge on any atom is -0.368 e. The summed E-state index contributed by atoms with van der Waals surface area (Å²) in [6, 6.07) is 0.738. The minimum atomic E-state index is -0.581. The summed E-state index contributed by atoms with van der Waals surface area (Å²) in [7, 11) is 1.70. The highest BCUT2D eigenvalue weighted by Crippen LogP contribution is 2.33. The fourth-order valence-electron chi connectivity index (χ4n) is 5.05. The maximum Gasteiger partial charge on any atom is 0.254 e. The van der Waals surface area contributed by atoms with Crippen LogP contribution < -0.4 is 5.32 Å². The van der Waals surface area contributed by atoms with Gasteiger partial charge in [-0.15, -0.1) is 0 Å². The largest absolute Gasteiger partial charge is 0.368 e. The Balaban J connectivity index is 1.49. The molecular weight excluding hydrogens is 314 g/mol. The van der Waals surface area contributed by atoms with E-state index in [1.807, 2.05) is 0 Å². The number of carbonyl (C=O) groups is 1. The molecular formula is C20H37N3O2. The first-order valence-electron chi connectivity index (χ1n) is 10.3. The molecule has 0 atom stereocenters. The van der Waals surface area contributed by atoms with Crippen LogP contribution in [0.2, 0.25) is 0 Å². The van der Waals surface area contributed by atoms with E-state index < -0.39 is 5.60 Å². The predicted molar refractivity (Wildman–Crippen MR) is 101 cm³/mol. The molecule has 5 nitrogen and oxygen atoms in total. The van der Waals surface area contributed by atoms with Crippen molar-refractivity contribution in [3.63, 3.8) is 0 Å². The van der Waals surface area contributed by atoms with Gasteiger partial charge in [0.1, 0.15) is 5.60 Å². The second-order valence-electron chi connectivity index (χ2n) is 8.59. The van der Waals surface area contributed by atoms with Crippen molar-refractivity contribution in [2.45, 2.75) is 64.0 Å². The fourth-order valence-corrected chi connectivity index (χ4v) is 5.05. The van der Waals surface area contributed by atoms with E-state index in [0.717, 1.165) is 70.0 Å². The number of carbonyl (C=O) groups excluding carboxylic acids is 1. The highest BCUT2D eigenvalue weighted by Gasteiger charge is 2.43. The minimum absolute atomic E-state index is 0.222. The first-order valence-corrected chi connectivity index (χ1v) is 10.3. The molecule has 1 saturated carbocycles. The molecule has 0 unspecified atom stereocenters. The molecule has 144 valence electrons. The van der Waals surface area contributed by atoms with Crippen LogP contribution in [0.1, 0.15) is 52.4 Å². The van der Waals surface area contributed by atoms with Crippen molar-refractivity contribution >= 4 is 5.91 Å². The van der Waals surface area contributed by atoms with Crippen molar-refractivity contribution in [2.24, 2.45) is 11.8 Å². The van der Waals surface area contributed by atoms with E-state index in [2.05, 4.69) is 29.0 Å². The molecule has 0 spiro atoms. The monoisotopic (exact) mass is 351 g/mol. The highest BCUT2D eigenvalue weighted by atomic mass is 16.5. The van der Waals surface area contributed by atoms with Crippen molar-refractivity contribution < 1.29 is 9.53 Å². The Bertz CT molecular complexity index is 432. The number of hydrogen-bond acceptors (Lipinski definition) is 4. The lowest BCUT2D eigenvalue weighted by atomic mass is 9.79. The number of hydrogen-bond donors (Lipinski definition) is 1. The summed E-state index contributed by atoms with van der Waals surface area (Å²) < 4.78 is 5.73. The Hall–Kier alpha value is -0.650. The Morgan fingerprint density at radius 2 is 1.64 bits per heavy atom. The molecule has 1 aliphatic carbocycles. The van der Waals surface area contributed by atoms with Crippen LogP contribution in [-0.4, -0.2) is 73.7 Å². The molecule has 1 amide bonds. The zero-order valence-electron chi connectivity index (χ0n) is 16.4. The molecule has 0 radical (unpaired) electrons. The Morgan fingerprint density at radius 3 is 2.16 bits per heavy atom. The van der Waals surface area contributed by atoms with Crippen molar-refractivity contribution in [3.8, 4) is 0 Å². The smallest absolute Gasteiger partial charge is 0.254 e. The van der Waals surface area contributed by atoms with Crippen molar-refractivity contribution in [1.82, 2.24) is 15.1 Å².